The summed E-state index contributed by atoms with van der Waals surface area (Å²) in [6, 6.07) is 13.3. The molecule has 2 aromatic rings. The summed E-state index contributed by atoms with van der Waals surface area (Å²) in [7, 11) is -1.63. The number of carboxylic acid groups (broad SMARTS) is 1. The Kier molecular flexibility index (Phi) is 8.47. The Hall–Kier alpha value is -2.32. The fourth-order valence-corrected chi connectivity index (χ4v) is 7.08. The maximum Gasteiger partial charge on any atom is 0.328 e. The first kappa shape index (κ1) is 26.3. The number of carboxylic acids is 1. The zero-order valence-electron chi connectivity index (χ0n) is 20.5. The highest BCUT2D eigenvalue weighted by Gasteiger charge is 2.42. The second-order valence-corrected chi connectivity index (χ2v) is 11.1. The van der Waals surface area contributed by atoms with Gasteiger partial charge in [-0.2, -0.15) is 10.6 Å². The van der Waals surface area contributed by atoms with E-state index in [9.17, 15) is 19.0 Å². The number of carbonyl (C=O) groups is 1. The van der Waals surface area contributed by atoms with Crippen LogP contribution in [-0.2, 0) is 4.79 Å². The lowest BCUT2D eigenvalue weighted by molar-refractivity contribution is -0.131. The lowest BCUT2D eigenvalue weighted by Gasteiger charge is -2.42. The van der Waals surface area contributed by atoms with Gasteiger partial charge in [-0.15, -0.1) is 0 Å². The third kappa shape index (κ3) is 5.49. The Bertz CT molecular complexity index is 1040. The predicted octanol–water partition coefficient (Wildman–Crippen LogP) is 6.71. The van der Waals surface area contributed by atoms with Crippen LogP contribution < -0.4 is 10.1 Å². The van der Waals surface area contributed by atoms with Gasteiger partial charge in [-0.3, -0.25) is 14.4 Å². The second-order valence-electron chi connectivity index (χ2n) is 8.99. The van der Waals surface area contributed by atoms with Crippen molar-refractivity contribution in [3.63, 3.8) is 0 Å². The van der Waals surface area contributed by atoms with Gasteiger partial charge in [0.25, 0.3) is 0 Å². The average Bonchev–Trinajstić information content (AvgIpc) is 2.93. The summed E-state index contributed by atoms with van der Waals surface area (Å²) in [5.74, 6) is -0.319. The molecule has 7 heteroatoms. The van der Waals surface area contributed by atoms with E-state index < -0.39 is 22.1 Å². The van der Waals surface area contributed by atoms with Crippen molar-refractivity contribution in [2.24, 2.45) is 0 Å². The smallest absolute Gasteiger partial charge is 0.328 e. The van der Waals surface area contributed by atoms with Gasteiger partial charge in [0.05, 0.1) is 23.8 Å². The minimum Gasteiger partial charge on any atom is -0.496 e. The number of allylic oxidation sites excluding steroid dienone is 1. The Morgan fingerprint density at radius 3 is 2.47 bits per heavy atom. The van der Waals surface area contributed by atoms with Crippen LogP contribution in [0.3, 0.4) is 0 Å². The van der Waals surface area contributed by atoms with Crippen molar-refractivity contribution in [3.05, 3.63) is 65.2 Å². The molecular weight excluding hydrogens is 450 g/mol. The van der Waals surface area contributed by atoms with E-state index in [1.807, 2.05) is 43.3 Å². The van der Waals surface area contributed by atoms with Gasteiger partial charge in [0.15, 0.2) is 0 Å². The van der Waals surface area contributed by atoms with Crippen molar-refractivity contribution in [1.29, 1.82) is 0 Å². The molecule has 0 saturated heterocycles. The number of ether oxygens (including phenoxy) is 1. The average molecular weight is 488 g/mol. The van der Waals surface area contributed by atoms with Gasteiger partial charge in [-0.1, -0.05) is 63.9 Å². The minimum absolute atomic E-state index is 0.211. The van der Waals surface area contributed by atoms with Crippen molar-refractivity contribution in [2.75, 3.05) is 12.9 Å². The molecule has 0 spiro atoms. The monoisotopic (exact) mass is 487 g/mol. The Morgan fingerprint density at radius 1 is 1.21 bits per heavy atom. The molecule has 0 unspecified atom stereocenters. The molecule has 2 aromatic carbocycles. The quantitative estimate of drug-likeness (QED) is 0.293. The first-order valence-electron chi connectivity index (χ1n) is 11.9. The summed E-state index contributed by atoms with van der Waals surface area (Å²) in [6.07, 6.45) is 5.21. The molecular formula is C27H37NO5S. The van der Waals surface area contributed by atoms with E-state index in [1.54, 1.807) is 13.2 Å². The largest absolute Gasteiger partial charge is 0.496 e. The molecule has 34 heavy (non-hydrogen) atoms. The highest BCUT2D eigenvalue weighted by Crippen LogP contribution is 2.58. The first-order chi connectivity index (χ1) is 16.2. The maximum absolute atomic E-state index is 11.6. The van der Waals surface area contributed by atoms with Crippen LogP contribution in [0, 0.1) is 0 Å². The normalized spacial score (nSPS) is 23.0. The van der Waals surface area contributed by atoms with Crippen LogP contribution in [0.25, 0.3) is 5.57 Å². The van der Waals surface area contributed by atoms with Crippen LogP contribution in [0.2, 0.25) is 0 Å². The molecule has 0 bridgehead atoms. The van der Waals surface area contributed by atoms with Crippen molar-refractivity contribution in [1.82, 2.24) is 5.32 Å². The SMILES string of the molecule is CCCC[C@]1(CC)CS(O)(O)c2cc(/C(=C/C(=O)O)CC)c(OC)cc2[C@@H](c2ccccc2)N1. The molecule has 0 amide bonds. The number of aliphatic carboxylic acids is 1. The van der Waals surface area contributed by atoms with Crippen molar-refractivity contribution < 1.29 is 23.7 Å². The number of rotatable bonds is 9. The maximum atomic E-state index is 11.6. The van der Waals surface area contributed by atoms with E-state index in [4.69, 9.17) is 4.74 Å². The standard InChI is InChI=1S/C27H37NO5S/c1-5-8-14-27(7-3)18-34(31,32)24-17-21(19(6-2)15-25(29)30)23(33-4)16-22(24)26(28-27)20-12-10-9-11-13-20/h9-13,15-17,26,28,31-32H,5-8,14,18H2,1-4H3,(H,29,30)/b19-15+/t26-,27-/m1/s1. The highest BCUT2D eigenvalue weighted by molar-refractivity contribution is 8.24. The summed E-state index contributed by atoms with van der Waals surface area (Å²) >= 11 is 0. The van der Waals surface area contributed by atoms with Crippen LogP contribution in [0.5, 0.6) is 5.75 Å². The third-order valence-corrected chi connectivity index (χ3v) is 8.78. The van der Waals surface area contributed by atoms with Crippen LogP contribution >= 0.6 is 10.6 Å². The molecule has 0 radical (unpaired) electrons. The highest BCUT2D eigenvalue weighted by atomic mass is 32.3. The topological polar surface area (TPSA) is 99.0 Å². The van der Waals surface area contributed by atoms with Crippen LogP contribution in [0.15, 0.2) is 53.4 Å². The third-order valence-electron chi connectivity index (χ3n) is 6.77. The lowest BCUT2D eigenvalue weighted by atomic mass is 9.87. The van der Waals surface area contributed by atoms with Crippen molar-refractivity contribution in [3.8, 4) is 5.75 Å². The summed E-state index contributed by atoms with van der Waals surface area (Å²) in [6.45, 7) is 6.10. The number of nitrogens with one attached hydrogen (secondary N) is 1. The summed E-state index contributed by atoms with van der Waals surface area (Å²) in [5.41, 5.74) is 2.48. The van der Waals surface area contributed by atoms with Gasteiger partial charge in [0.2, 0.25) is 0 Å². The molecule has 0 aliphatic carbocycles. The van der Waals surface area contributed by atoms with E-state index >= 15 is 0 Å². The van der Waals surface area contributed by atoms with Gasteiger partial charge in [0.1, 0.15) is 5.75 Å². The van der Waals surface area contributed by atoms with Crippen molar-refractivity contribution in [2.45, 2.75) is 69.4 Å². The lowest BCUT2D eigenvalue weighted by Crippen LogP contribution is -2.49. The first-order valence-corrected chi connectivity index (χ1v) is 13.7. The second kappa shape index (κ2) is 11.0. The fourth-order valence-electron chi connectivity index (χ4n) is 4.86. The molecule has 0 aromatic heterocycles. The van der Waals surface area contributed by atoms with Gasteiger partial charge < -0.3 is 9.84 Å². The molecule has 186 valence electrons. The van der Waals surface area contributed by atoms with E-state index in [-0.39, 0.29) is 11.8 Å². The number of benzene rings is 2. The number of fused-ring (bicyclic) bond motifs is 1. The molecule has 4 N–H and O–H groups in total. The fraction of sp³-hybridized carbons (Fsp3) is 0.444. The Morgan fingerprint density at radius 2 is 1.91 bits per heavy atom. The summed E-state index contributed by atoms with van der Waals surface area (Å²) in [5, 5.41) is 13.2. The van der Waals surface area contributed by atoms with E-state index in [0.717, 1.165) is 42.9 Å². The molecule has 1 aliphatic heterocycles. The number of unbranched alkanes of at least 4 members (excludes halogenated alkanes) is 1. The number of hydrogen-bond acceptors (Lipinski definition) is 5. The van der Waals surface area contributed by atoms with Crippen LogP contribution in [0.4, 0.5) is 0 Å². The number of methoxy groups -OCH3 is 1. The van der Waals surface area contributed by atoms with Crippen LogP contribution in [0.1, 0.15) is 75.6 Å². The minimum atomic E-state index is -3.18. The zero-order valence-corrected chi connectivity index (χ0v) is 21.3. The molecule has 1 heterocycles. The Labute approximate surface area is 204 Å². The molecule has 6 nitrogen and oxygen atoms in total. The van der Waals surface area contributed by atoms with E-state index in [0.29, 0.717) is 28.2 Å². The van der Waals surface area contributed by atoms with E-state index in [2.05, 4.69) is 19.2 Å². The van der Waals surface area contributed by atoms with Gasteiger partial charge in [-0.05, 0) is 42.5 Å². The molecule has 2 atom stereocenters. The van der Waals surface area contributed by atoms with E-state index in [1.165, 1.54) is 0 Å². The molecule has 1 aliphatic rings. The molecule has 3 rings (SSSR count). The van der Waals surface area contributed by atoms with Crippen LogP contribution in [-0.4, -0.2) is 38.6 Å². The van der Waals surface area contributed by atoms with Gasteiger partial charge in [0, 0.05) is 22.7 Å². The number of hydrogen-bond donors (Lipinski definition) is 4. The molecule has 0 fully saturated rings. The summed E-state index contributed by atoms with van der Waals surface area (Å²) < 4.78 is 28.9. The van der Waals surface area contributed by atoms with Crippen molar-refractivity contribution >= 4 is 22.1 Å². The molecule has 0 saturated carbocycles. The Balaban J connectivity index is 2.31. The predicted molar refractivity (Wildman–Crippen MR) is 139 cm³/mol. The van der Waals surface area contributed by atoms with Gasteiger partial charge >= 0.3 is 5.97 Å². The summed E-state index contributed by atoms with van der Waals surface area (Å²) in [4.78, 5) is 11.9. The zero-order chi connectivity index (χ0) is 24.9. The van der Waals surface area contributed by atoms with Gasteiger partial charge in [-0.25, -0.2) is 4.79 Å².